The van der Waals surface area contributed by atoms with Gasteiger partial charge in [0.15, 0.2) is 0 Å². The second-order valence-corrected chi connectivity index (χ2v) is 2.89. The van der Waals surface area contributed by atoms with E-state index < -0.39 is 10.4 Å². The van der Waals surface area contributed by atoms with Gasteiger partial charge in [0.25, 0.3) is 0 Å². The number of likely N-dealkylation sites (N-methyl/N-ethyl adjacent to an activating group) is 1. The van der Waals surface area contributed by atoms with Crippen molar-refractivity contribution in [2.45, 2.75) is 0 Å². The first kappa shape index (κ1) is 13.2. The van der Waals surface area contributed by atoms with Crippen LogP contribution in [0, 0.1) is 0 Å². The van der Waals surface area contributed by atoms with E-state index in [1.807, 2.05) is 20.2 Å². The van der Waals surface area contributed by atoms with Crippen LogP contribution in [0.25, 0.3) is 0 Å². The van der Waals surface area contributed by atoms with Crippen molar-refractivity contribution in [3.8, 4) is 0 Å². The van der Waals surface area contributed by atoms with Crippen LogP contribution >= 0.6 is 0 Å². The molecule has 0 heterocycles. The van der Waals surface area contributed by atoms with Crippen molar-refractivity contribution in [3.63, 3.8) is 0 Å². The lowest BCUT2D eigenvalue weighted by molar-refractivity contribution is 0.381. The van der Waals surface area contributed by atoms with E-state index in [9.17, 15) is 0 Å². The van der Waals surface area contributed by atoms with Gasteiger partial charge in [-0.15, -0.1) is 6.58 Å². The quantitative estimate of drug-likeness (QED) is 0.468. The van der Waals surface area contributed by atoms with Gasteiger partial charge in [0, 0.05) is 6.54 Å². The summed E-state index contributed by atoms with van der Waals surface area (Å²) in [5.41, 5.74) is 0. The van der Waals surface area contributed by atoms with Gasteiger partial charge in [0.1, 0.15) is 0 Å². The minimum atomic E-state index is -4.67. The zero-order valence-electron chi connectivity index (χ0n) is 6.56. The fourth-order valence-electron chi connectivity index (χ4n) is 0.258. The lowest BCUT2D eigenvalue weighted by atomic mass is 10.6. The van der Waals surface area contributed by atoms with Crippen molar-refractivity contribution in [1.82, 2.24) is 4.90 Å². The van der Waals surface area contributed by atoms with Gasteiger partial charge in [-0.2, -0.15) is 8.42 Å². The van der Waals surface area contributed by atoms with Gasteiger partial charge < -0.3 is 4.90 Å². The second kappa shape index (κ2) is 6.29. The molecular formula is C5H13NO4S. The second-order valence-electron chi connectivity index (χ2n) is 2.00. The van der Waals surface area contributed by atoms with E-state index in [1.165, 1.54) is 0 Å². The lowest BCUT2D eigenvalue weighted by Crippen LogP contribution is -2.09. The summed E-state index contributed by atoms with van der Waals surface area (Å²) < 4.78 is 31.6. The normalized spacial score (nSPS) is 10.3. The Morgan fingerprint density at radius 2 is 1.73 bits per heavy atom. The van der Waals surface area contributed by atoms with Crippen LogP contribution in [0.5, 0.6) is 0 Å². The molecule has 0 aliphatic heterocycles. The molecule has 11 heavy (non-hydrogen) atoms. The van der Waals surface area contributed by atoms with Crippen molar-refractivity contribution in [2.75, 3.05) is 20.6 Å². The highest BCUT2D eigenvalue weighted by atomic mass is 32.3. The van der Waals surface area contributed by atoms with Gasteiger partial charge in [-0.25, -0.2) is 0 Å². The van der Waals surface area contributed by atoms with Crippen LogP contribution in [0.1, 0.15) is 0 Å². The third kappa shape index (κ3) is 83.0. The molecule has 0 aliphatic carbocycles. The molecule has 0 bridgehead atoms. The van der Waals surface area contributed by atoms with Crippen LogP contribution in [0.3, 0.4) is 0 Å². The van der Waals surface area contributed by atoms with Crippen LogP contribution in [-0.4, -0.2) is 43.1 Å². The van der Waals surface area contributed by atoms with E-state index in [-0.39, 0.29) is 0 Å². The molecule has 0 amide bonds. The molecule has 0 unspecified atom stereocenters. The molecule has 0 atom stereocenters. The van der Waals surface area contributed by atoms with E-state index in [1.54, 1.807) is 0 Å². The first-order valence-corrected chi connectivity index (χ1v) is 4.12. The fraction of sp³-hybridized carbons (Fsp3) is 0.600. The molecule has 0 saturated heterocycles. The Kier molecular flexibility index (Phi) is 7.54. The maximum atomic E-state index is 8.74. The summed E-state index contributed by atoms with van der Waals surface area (Å²) in [6.07, 6.45) is 1.88. The Hall–Kier alpha value is -0.430. The zero-order chi connectivity index (χ0) is 9.49. The van der Waals surface area contributed by atoms with Gasteiger partial charge >= 0.3 is 10.4 Å². The Morgan fingerprint density at radius 1 is 1.45 bits per heavy atom. The van der Waals surface area contributed by atoms with Crippen LogP contribution in [-0.2, 0) is 10.4 Å². The Bertz CT molecular complexity index is 177. The molecule has 0 saturated carbocycles. The molecule has 0 aromatic rings. The van der Waals surface area contributed by atoms with E-state index >= 15 is 0 Å². The van der Waals surface area contributed by atoms with Gasteiger partial charge in [-0.1, -0.05) is 6.08 Å². The first-order valence-electron chi connectivity index (χ1n) is 2.73. The van der Waals surface area contributed by atoms with Crippen molar-refractivity contribution < 1.29 is 17.5 Å². The summed E-state index contributed by atoms with van der Waals surface area (Å²) in [7, 11) is -0.636. The summed E-state index contributed by atoms with van der Waals surface area (Å²) in [6, 6.07) is 0. The summed E-state index contributed by atoms with van der Waals surface area (Å²) in [5, 5.41) is 0. The predicted octanol–water partition coefficient (Wildman–Crippen LogP) is 0.0812. The standard InChI is InChI=1S/C5H11N.H2O4S/c1-4-5-6(2)3;1-5(2,3)4/h4H,1,5H2,2-3H3;(H2,1,2,3,4). The van der Waals surface area contributed by atoms with Gasteiger partial charge in [0.05, 0.1) is 0 Å². The van der Waals surface area contributed by atoms with Crippen molar-refractivity contribution in [3.05, 3.63) is 12.7 Å². The molecule has 2 N–H and O–H groups in total. The molecule has 0 aliphatic rings. The zero-order valence-corrected chi connectivity index (χ0v) is 7.37. The average Bonchev–Trinajstić information content (AvgIpc) is 1.58. The third-order valence-corrected chi connectivity index (χ3v) is 0.494. The monoisotopic (exact) mass is 183 g/mol. The molecule has 0 rings (SSSR count). The Morgan fingerprint density at radius 3 is 1.73 bits per heavy atom. The van der Waals surface area contributed by atoms with Gasteiger partial charge in [-0.05, 0) is 14.1 Å². The molecule has 68 valence electrons. The number of hydrogen-bond acceptors (Lipinski definition) is 3. The molecule has 0 aromatic heterocycles. The SMILES string of the molecule is C=CCN(C)C.O=S(=O)(O)O. The molecular weight excluding hydrogens is 170 g/mol. The van der Waals surface area contributed by atoms with Gasteiger partial charge in [-0.3, -0.25) is 9.11 Å². The van der Waals surface area contributed by atoms with E-state index in [0.717, 1.165) is 6.54 Å². The minimum Gasteiger partial charge on any atom is -0.306 e. The molecule has 0 radical (unpaired) electrons. The van der Waals surface area contributed by atoms with Crippen LogP contribution in [0.15, 0.2) is 12.7 Å². The van der Waals surface area contributed by atoms with E-state index in [2.05, 4.69) is 11.5 Å². The number of rotatable bonds is 2. The van der Waals surface area contributed by atoms with Gasteiger partial charge in [0.2, 0.25) is 0 Å². The summed E-state index contributed by atoms with van der Waals surface area (Å²) in [4.78, 5) is 2.06. The highest BCUT2D eigenvalue weighted by molar-refractivity contribution is 7.79. The largest absolute Gasteiger partial charge is 0.394 e. The highest BCUT2D eigenvalue weighted by Crippen LogP contribution is 1.69. The summed E-state index contributed by atoms with van der Waals surface area (Å²) in [5.74, 6) is 0. The number of nitrogens with zero attached hydrogens (tertiary/aromatic N) is 1. The smallest absolute Gasteiger partial charge is 0.306 e. The molecule has 5 nitrogen and oxygen atoms in total. The summed E-state index contributed by atoms with van der Waals surface area (Å²) in [6.45, 7) is 4.53. The fourth-order valence-corrected chi connectivity index (χ4v) is 0.258. The van der Waals surface area contributed by atoms with Crippen molar-refractivity contribution in [2.24, 2.45) is 0 Å². The van der Waals surface area contributed by atoms with E-state index in [4.69, 9.17) is 17.5 Å². The number of hydrogen-bond donors (Lipinski definition) is 2. The van der Waals surface area contributed by atoms with E-state index in [0.29, 0.717) is 0 Å². The van der Waals surface area contributed by atoms with Crippen LogP contribution in [0.2, 0.25) is 0 Å². The average molecular weight is 183 g/mol. The predicted molar refractivity (Wildman–Crippen MR) is 42.9 cm³/mol. The van der Waals surface area contributed by atoms with Crippen molar-refractivity contribution in [1.29, 1.82) is 0 Å². The van der Waals surface area contributed by atoms with Crippen LogP contribution < -0.4 is 0 Å². The third-order valence-electron chi connectivity index (χ3n) is 0.494. The highest BCUT2D eigenvalue weighted by Gasteiger charge is 1.84. The Labute approximate surface area is 66.9 Å². The maximum Gasteiger partial charge on any atom is 0.394 e. The van der Waals surface area contributed by atoms with Crippen molar-refractivity contribution >= 4 is 10.4 Å². The molecule has 0 spiro atoms. The summed E-state index contributed by atoms with van der Waals surface area (Å²) >= 11 is 0. The first-order chi connectivity index (χ1) is 4.77. The van der Waals surface area contributed by atoms with Crippen LogP contribution in [0.4, 0.5) is 0 Å². The lowest BCUT2D eigenvalue weighted by Gasteiger charge is -2.01. The molecule has 0 fully saturated rings. The Balaban J connectivity index is 0. The minimum absolute atomic E-state index is 0.972. The maximum absolute atomic E-state index is 8.74. The molecule has 0 aromatic carbocycles. The topological polar surface area (TPSA) is 77.8 Å². The molecule has 6 heteroatoms.